The molecule has 1 fully saturated rings. The van der Waals surface area contributed by atoms with Crippen LogP contribution in [0, 0.1) is 12.8 Å². The lowest BCUT2D eigenvalue weighted by molar-refractivity contribution is 0.134. The molecule has 1 nitrogen and oxygen atoms in total. The molecule has 0 heterocycles. The Hall–Kier alpha value is -0.0200. The van der Waals surface area contributed by atoms with E-state index in [4.69, 9.17) is 4.74 Å². The largest absolute Gasteiger partial charge is 0.490 e. The quantitative estimate of drug-likeness (QED) is 0.624. The highest BCUT2D eigenvalue weighted by Crippen LogP contribution is 2.33. The van der Waals surface area contributed by atoms with Crippen LogP contribution in [0.2, 0.25) is 0 Å². The Morgan fingerprint density at radius 3 is 2.50 bits per heavy atom. The molecule has 0 atom stereocenters. The molecule has 0 aromatic heterocycles. The molecule has 100 valence electrons. The van der Waals surface area contributed by atoms with Gasteiger partial charge < -0.3 is 4.74 Å². The number of alkyl halides is 1. The van der Waals surface area contributed by atoms with Crippen molar-refractivity contribution < 1.29 is 4.74 Å². The minimum atomic E-state index is 0.402. The molecule has 0 bridgehead atoms. The van der Waals surface area contributed by atoms with Crippen molar-refractivity contribution in [3.63, 3.8) is 0 Å². The van der Waals surface area contributed by atoms with Gasteiger partial charge >= 0.3 is 0 Å². The van der Waals surface area contributed by atoms with Crippen molar-refractivity contribution in [2.45, 2.75) is 51.0 Å². The number of rotatable bonds is 3. The SMILES string of the molecule is Cc1cc(Br)cc(CBr)c1OC1CCC(C)CC1. The van der Waals surface area contributed by atoms with Crippen LogP contribution in [-0.2, 0) is 5.33 Å². The summed E-state index contributed by atoms with van der Waals surface area (Å²) in [5, 5.41) is 0.839. The van der Waals surface area contributed by atoms with Crippen LogP contribution in [0.4, 0.5) is 0 Å². The van der Waals surface area contributed by atoms with Crippen molar-refractivity contribution >= 4 is 31.9 Å². The van der Waals surface area contributed by atoms with Gasteiger partial charge in [-0.15, -0.1) is 0 Å². The monoisotopic (exact) mass is 374 g/mol. The summed E-state index contributed by atoms with van der Waals surface area (Å²) in [4.78, 5) is 0. The summed E-state index contributed by atoms with van der Waals surface area (Å²) < 4.78 is 7.38. The Morgan fingerprint density at radius 1 is 1.22 bits per heavy atom. The summed E-state index contributed by atoms with van der Waals surface area (Å²) in [6.07, 6.45) is 5.38. The van der Waals surface area contributed by atoms with Crippen molar-refractivity contribution in [2.24, 2.45) is 5.92 Å². The van der Waals surface area contributed by atoms with Crippen LogP contribution in [0.1, 0.15) is 43.7 Å². The first kappa shape index (κ1) is 14.4. The zero-order chi connectivity index (χ0) is 13.1. The van der Waals surface area contributed by atoms with Gasteiger partial charge in [0.05, 0.1) is 6.10 Å². The number of aryl methyl sites for hydroxylation is 1. The maximum Gasteiger partial charge on any atom is 0.126 e. The van der Waals surface area contributed by atoms with Gasteiger partial charge in [-0.25, -0.2) is 0 Å². The van der Waals surface area contributed by atoms with Crippen molar-refractivity contribution in [1.82, 2.24) is 0 Å². The van der Waals surface area contributed by atoms with E-state index < -0.39 is 0 Å². The van der Waals surface area contributed by atoms with Gasteiger partial charge in [0.25, 0.3) is 0 Å². The molecule has 1 aromatic carbocycles. The average Bonchev–Trinajstić information content (AvgIpc) is 2.34. The molecule has 0 unspecified atom stereocenters. The third-order valence-corrected chi connectivity index (χ3v) is 4.77. The van der Waals surface area contributed by atoms with Gasteiger partial charge in [-0.2, -0.15) is 0 Å². The van der Waals surface area contributed by atoms with E-state index >= 15 is 0 Å². The fourth-order valence-corrected chi connectivity index (χ4v) is 3.62. The Bertz CT molecular complexity index is 409. The predicted molar refractivity (Wildman–Crippen MR) is 83.6 cm³/mol. The topological polar surface area (TPSA) is 9.23 Å². The first-order valence-electron chi connectivity index (χ1n) is 6.61. The van der Waals surface area contributed by atoms with Crippen LogP contribution in [0.3, 0.4) is 0 Å². The maximum atomic E-state index is 6.26. The van der Waals surface area contributed by atoms with Gasteiger partial charge in [-0.1, -0.05) is 38.8 Å². The Kier molecular flexibility index (Phi) is 5.14. The highest BCUT2D eigenvalue weighted by molar-refractivity contribution is 9.10. The van der Waals surface area contributed by atoms with Crippen molar-refractivity contribution in [1.29, 1.82) is 0 Å². The molecule has 18 heavy (non-hydrogen) atoms. The van der Waals surface area contributed by atoms with E-state index in [1.165, 1.54) is 36.8 Å². The number of halogens is 2. The van der Waals surface area contributed by atoms with Crippen LogP contribution in [0.25, 0.3) is 0 Å². The first-order valence-corrected chi connectivity index (χ1v) is 8.53. The van der Waals surface area contributed by atoms with Gasteiger partial charge in [-0.05, 0) is 56.2 Å². The highest BCUT2D eigenvalue weighted by atomic mass is 79.9. The summed E-state index contributed by atoms with van der Waals surface area (Å²) in [5.41, 5.74) is 2.46. The molecular weight excluding hydrogens is 356 g/mol. The van der Waals surface area contributed by atoms with E-state index in [9.17, 15) is 0 Å². The Balaban J connectivity index is 2.13. The predicted octanol–water partition coefficient (Wildman–Crippen LogP) is 5.61. The molecule has 0 aliphatic heterocycles. The van der Waals surface area contributed by atoms with Gasteiger partial charge in [-0.3, -0.25) is 0 Å². The van der Waals surface area contributed by atoms with Crippen molar-refractivity contribution in [3.8, 4) is 5.75 Å². The standard InChI is InChI=1S/C15H20Br2O/c1-10-3-5-14(6-4-10)18-15-11(2)7-13(17)8-12(15)9-16/h7-8,10,14H,3-6,9H2,1-2H3. The van der Waals surface area contributed by atoms with Gasteiger partial charge in [0.2, 0.25) is 0 Å². The minimum Gasteiger partial charge on any atom is -0.490 e. The molecule has 0 radical (unpaired) electrons. The van der Waals surface area contributed by atoms with E-state index in [1.807, 2.05) is 0 Å². The lowest BCUT2D eigenvalue weighted by atomic mass is 9.89. The zero-order valence-corrected chi connectivity index (χ0v) is 14.2. The molecule has 0 spiro atoms. The van der Waals surface area contributed by atoms with Gasteiger partial charge in [0.15, 0.2) is 0 Å². The van der Waals surface area contributed by atoms with Crippen LogP contribution < -0.4 is 4.74 Å². The second kappa shape index (κ2) is 6.42. The lowest BCUT2D eigenvalue weighted by Crippen LogP contribution is -2.23. The number of ether oxygens (including phenoxy) is 1. The van der Waals surface area contributed by atoms with Crippen LogP contribution >= 0.6 is 31.9 Å². The third-order valence-electron chi connectivity index (χ3n) is 3.71. The second-order valence-electron chi connectivity index (χ2n) is 5.34. The van der Waals surface area contributed by atoms with Crippen LogP contribution in [0.15, 0.2) is 16.6 Å². The van der Waals surface area contributed by atoms with Crippen molar-refractivity contribution in [2.75, 3.05) is 0 Å². The van der Waals surface area contributed by atoms with E-state index in [2.05, 4.69) is 57.8 Å². The van der Waals surface area contributed by atoms with E-state index in [-0.39, 0.29) is 0 Å². The summed E-state index contributed by atoms with van der Waals surface area (Å²) >= 11 is 7.09. The molecule has 0 N–H and O–H groups in total. The second-order valence-corrected chi connectivity index (χ2v) is 6.82. The molecule has 1 saturated carbocycles. The first-order chi connectivity index (χ1) is 8.60. The van der Waals surface area contributed by atoms with E-state index in [0.29, 0.717) is 6.10 Å². The van der Waals surface area contributed by atoms with Crippen LogP contribution in [0.5, 0.6) is 5.75 Å². The lowest BCUT2D eigenvalue weighted by Gasteiger charge is -2.28. The fraction of sp³-hybridized carbons (Fsp3) is 0.600. The molecule has 1 aromatic rings. The zero-order valence-electron chi connectivity index (χ0n) is 11.0. The molecule has 0 amide bonds. The summed E-state index contributed by atoms with van der Waals surface area (Å²) in [6.45, 7) is 4.46. The smallest absolute Gasteiger partial charge is 0.126 e. The molecule has 3 heteroatoms. The summed E-state index contributed by atoms with van der Waals surface area (Å²) in [6, 6.07) is 4.27. The van der Waals surface area contributed by atoms with E-state index in [1.54, 1.807) is 0 Å². The van der Waals surface area contributed by atoms with Crippen molar-refractivity contribution in [3.05, 3.63) is 27.7 Å². The van der Waals surface area contributed by atoms with E-state index in [0.717, 1.165) is 21.5 Å². The molecule has 1 aliphatic carbocycles. The molecule has 2 rings (SSSR count). The van der Waals surface area contributed by atoms with Gasteiger partial charge in [0, 0.05) is 15.4 Å². The summed E-state index contributed by atoms with van der Waals surface area (Å²) in [7, 11) is 0. The Labute approximate surface area is 127 Å². The highest BCUT2D eigenvalue weighted by Gasteiger charge is 2.21. The number of hydrogen-bond acceptors (Lipinski definition) is 1. The number of benzene rings is 1. The third kappa shape index (κ3) is 3.51. The van der Waals surface area contributed by atoms with Gasteiger partial charge in [0.1, 0.15) is 5.75 Å². The minimum absolute atomic E-state index is 0.402. The molecular formula is C15H20Br2O. The molecule has 1 aliphatic rings. The summed E-state index contributed by atoms with van der Waals surface area (Å²) in [5.74, 6) is 1.95. The maximum absolute atomic E-state index is 6.26. The number of hydrogen-bond donors (Lipinski definition) is 0. The van der Waals surface area contributed by atoms with Crippen LogP contribution in [-0.4, -0.2) is 6.10 Å². The fourth-order valence-electron chi connectivity index (χ4n) is 2.58. The Morgan fingerprint density at radius 2 is 1.89 bits per heavy atom. The molecule has 0 saturated heterocycles. The normalized spacial score (nSPS) is 24.0. The average molecular weight is 376 g/mol.